The fraction of sp³-hybridized carbons (Fsp3) is 0.417. The van der Waals surface area contributed by atoms with Crippen molar-refractivity contribution in [3.8, 4) is 0 Å². The number of unbranched alkanes of at least 4 members (excludes halogenated alkanes) is 3. The van der Waals surface area contributed by atoms with Gasteiger partial charge in [0.05, 0.1) is 12.7 Å². The largest absolute Gasteiger partial charge is 0.348 e. The first-order valence-corrected chi connectivity index (χ1v) is 15.8. The molecule has 1 N–H and O–H groups in total. The van der Waals surface area contributed by atoms with Crippen LogP contribution in [-0.2, 0) is 16.0 Å². The van der Waals surface area contributed by atoms with Gasteiger partial charge in [-0.1, -0.05) is 86.8 Å². The molecule has 2 aliphatic rings. The van der Waals surface area contributed by atoms with Gasteiger partial charge in [-0.3, -0.25) is 14.4 Å². The Kier molecular flexibility index (Phi) is 9.80. The second-order valence-corrected chi connectivity index (χ2v) is 11.9. The van der Waals surface area contributed by atoms with E-state index in [1.165, 1.54) is 31.2 Å². The van der Waals surface area contributed by atoms with Gasteiger partial charge in [-0.05, 0) is 68.0 Å². The summed E-state index contributed by atoms with van der Waals surface area (Å²) >= 11 is 0. The van der Waals surface area contributed by atoms with Crippen molar-refractivity contribution in [2.75, 3.05) is 31.2 Å². The highest BCUT2D eigenvalue weighted by atomic mass is 16.2. The third-order valence-corrected chi connectivity index (χ3v) is 8.99. The Balaban J connectivity index is 1.25. The van der Waals surface area contributed by atoms with E-state index in [1.54, 1.807) is 4.90 Å². The van der Waals surface area contributed by atoms with Crippen molar-refractivity contribution in [2.45, 2.75) is 70.4 Å². The summed E-state index contributed by atoms with van der Waals surface area (Å²) in [5.74, 6) is -0.218. The summed E-state index contributed by atoms with van der Waals surface area (Å²) in [6.07, 6.45) is 6.96. The fourth-order valence-electron chi connectivity index (χ4n) is 6.44. The smallest absolute Gasteiger partial charge is 0.253 e. The molecule has 7 heteroatoms. The first-order chi connectivity index (χ1) is 20.9. The average molecular weight is 581 g/mol. The van der Waals surface area contributed by atoms with Crippen molar-refractivity contribution in [3.63, 3.8) is 0 Å². The van der Waals surface area contributed by atoms with Crippen molar-refractivity contribution in [1.29, 1.82) is 0 Å². The van der Waals surface area contributed by atoms with Crippen LogP contribution in [0.1, 0.15) is 79.9 Å². The van der Waals surface area contributed by atoms with Gasteiger partial charge in [0.15, 0.2) is 0 Å². The fourth-order valence-corrected chi connectivity index (χ4v) is 6.44. The van der Waals surface area contributed by atoms with Crippen LogP contribution < -0.4 is 10.2 Å². The van der Waals surface area contributed by atoms with Crippen LogP contribution >= 0.6 is 0 Å². The minimum Gasteiger partial charge on any atom is -0.348 e. The number of rotatable bonds is 11. The summed E-state index contributed by atoms with van der Waals surface area (Å²) in [6, 6.07) is 27.6. The number of carbonyl (C=O) groups is 3. The van der Waals surface area contributed by atoms with E-state index >= 15 is 0 Å². The minimum absolute atomic E-state index is 0.00543. The van der Waals surface area contributed by atoms with Crippen molar-refractivity contribution >= 4 is 23.4 Å². The summed E-state index contributed by atoms with van der Waals surface area (Å²) in [5, 5.41) is 3.05. The molecule has 1 atom stereocenters. The molecule has 0 saturated carbocycles. The van der Waals surface area contributed by atoms with Gasteiger partial charge in [-0.25, -0.2) is 0 Å². The lowest BCUT2D eigenvalue weighted by Crippen LogP contribution is -2.57. The maximum Gasteiger partial charge on any atom is 0.253 e. The molecule has 2 aliphatic heterocycles. The van der Waals surface area contributed by atoms with Gasteiger partial charge in [-0.2, -0.15) is 0 Å². The summed E-state index contributed by atoms with van der Waals surface area (Å²) in [5.41, 5.74) is 3.14. The summed E-state index contributed by atoms with van der Waals surface area (Å²) in [6.45, 7) is 5.46. The molecule has 43 heavy (non-hydrogen) atoms. The van der Waals surface area contributed by atoms with E-state index in [0.29, 0.717) is 38.2 Å². The lowest BCUT2D eigenvalue weighted by atomic mass is 9.85. The lowest BCUT2D eigenvalue weighted by Gasteiger charge is -2.43. The third-order valence-electron chi connectivity index (χ3n) is 8.99. The Bertz CT molecular complexity index is 1370. The number of nitrogens with zero attached hydrogens (tertiary/aromatic N) is 3. The molecule has 3 amide bonds. The summed E-state index contributed by atoms with van der Waals surface area (Å²) in [7, 11) is 0. The Morgan fingerprint density at radius 2 is 1.51 bits per heavy atom. The summed E-state index contributed by atoms with van der Waals surface area (Å²) in [4.78, 5) is 46.3. The van der Waals surface area contributed by atoms with E-state index in [9.17, 15) is 14.4 Å². The molecular formula is C36H44N4O3. The first-order valence-electron chi connectivity index (χ1n) is 15.8. The normalized spacial score (nSPS) is 16.9. The van der Waals surface area contributed by atoms with Crippen molar-refractivity contribution in [2.24, 2.45) is 0 Å². The standard InChI is InChI=1S/C36H44N4O3/c1-3-4-5-8-13-29-18-20-31(21-19-29)34(42)38-24-22-36(23-25-38)35(43)39(27-40(36)32-16-11-7-12-17-32)26-33(41)37-28(2)30-14-9-6-10-15-30/h6-7,9-12,14-21,28H,3-5,8,13,22-27H2,1-2H3,(H,37,41). The SMILES string of the molecule is CCCCCCc1ccc(C(=O)N2CCC3(CC2)C(=O)N(CC(=O)NC(C)c2ccccc2)CN3c2ccccc2)cc1. The van der Waals surface area contributed by atoms with Gasteiger partial charge in [-0.15, -0.1) is 0 Å². The molecule has 0 bridgehead atoms. The molecule has 7 nitrogen and oxygen atoms in total. The molecular weight excluding hydrogens is 536 g/mol. The van der Waals surface area contributed by atoms with Crippen LogP contribution in [-0.4, -0.2) is 59.4 Å². The Labute approximate surface area is 255 Å². The van der Waals surface area contributed by atoms with E-state index in [1.807, 2.05) is 84.6 Å². The molecule has 2 saturated heterocycles. The van der Waals surface area contributed by atoms with E-state index < -0.39 is 5.54 Å². The van der Waals surface area contributed by atoms with Gasteiger partial charge >= 0.3 is 0 Å². The molecule has 0 aromatic heterocycles. The van der Waals surface area contributed by atoms with E-state index in [2.05, 4.69) is 29.3 Å². The minimum atomic E-state index is -0.786. The molecule has 1 spiro atoms. The molecule has 1 unspecified atom stereocenters. The topological polar surface area (TPSA) is 73.0 Å². The second kappa shape index (κ2) is 13.9. The van der Waals surface area contributed by atoms with Crippen molar-refractivity contribution in [3.05, 3.63) is 102 Å². The highest BCUT2D eigenvalue weighted by molar-refractivity contribution is 5.97. The predicted octanol–water partition coefficient (Wildman–Crippen LogP) is 5.97. The van der Waals surface area contributed by atoms with Gasteiger partial charge in [0.25, 0.3) is 11.8 Å². The molecule has 2 fully saturated rings. The van der Waals surface area contributed by atoms with Crippen LogP contribution in [0.2, 0.25) is 0 Å². The molecule has 226 valence electrons. The molecule has 0 aliphatic carbocycles. The number of benzene rings is 3. The van der Waals surface area contributed by atoms with Crippen molar-refractivity contribution < 1.29 is 14.4 Å². The number of piperidine rings is 1. The predicted molar refractivity (Wildman–Crippen MR) is 171 cm³/mol. The van der Waals surface area contributed by atoms with Crippen LogP contribution in [0.15, 0.2) is 84.9 Å². The number of likely N-dealkylation sites (tertiary alicyclic amines) is 1. The van der Waals surface area contributed by atoms with E-state index in [-0.39, 0.29) is 30.3 Å². The van der Waals surface area contributed by atoms with Gasteiger partial charge in [0, 0.05) is 24.3 Å². The average Bonchev–Trinajstić information content (AvgIpc) is 3.30. The number of amides is 3. The molecule has 3 aromatic carbocycles. The number of anilines is 1. The number of carbonyl (C=O) groups excluding carboxylic acids is 3. The zero-order valence-corrected chi connectivity index (χ0v) is 25.5. The zero-order valence-electron chi connectivity index (χ0n) is 25.5. The van der Waals surface area contributed by atoms with Crippen LogP contribution in [0.4, 0.5) is 5.69 Å². The number of nitrogens with one attached hydrogen (secondary N) is 1. The third kappa shape index (κ3) is 6.93. The highest BCUT2D eigenvalue weighted by Gasteiger charge is 2.54. The Morgan fingerprint density at radius 1 is 0.860 bits per heavy atom. The van der Waals surface area contributed by atoms with Crippen molar-refractivity contribution in [1.82, 2.24) is 15.1 Å². The second-order valence-electron chi connectivity index (χ2n) is 11.9. The zero-order chi connectivity index (χ0) is 30.2. The first kappa shape index (κ1) is 30.3. The Morgan fingerprint density at radius 3 is 2.16 bits per heavy atom. The molecule has 0 radical (unpaired) electrons. The van der Waals surface area contributed by atoms with Gasteiger partial charge < -0.3 is 20.0 Å². The molecule has 2 heterocycles. The highest BCUT2D eigenvalue weighted by Crippen LogP contribution is 2.39. The van der Waals surface area contributed by atoms with Crippen LogP contribution in [0, 0.1) is 0 Å². The molecule has 3 aromatic rings. The Hall–Kier alpha value is -4.13. The number of aryl methyl sites for hydroxylation is 1. The van der Waals surface area contributed by atoms with E-state index in [0.717, 1.165) is 17.7 Å². The summed E-state index contributed by atoms with van der Waals surface area (Å²) < 4.78 is 0. The lowest BCUT2D eigenvalue weighted by molar-refractivity contribution is -0.137. The maximum absolute atomic E-state index is 14.1. The maximum atomic E-state index is 14.1. The number of para-hydroxylation sites is 1. The van der Waals surface area contributed by atoms with Gasteiger partial charge in [0.1, 0.15) is 12.1 Å². The number of hydrogen-bond donors (Lipinski definition) is 1. The van der Waals surface area contributed by atoms with Crippen LogP contribution in [0.25, 0.3) is 0 Å². The van der Waals surface area contributed by atoms with Crippen LogP contribution in [0.3, 0.4) is 0 Å². The van der Waals surface area contributed by atoms with Gasteiger partial charge in [0.2, 0.25) is 5.91 Å². The number of hydrogen-bond acceptors (Lipinski definition) is 4. The monoisotopic (exact) mass is 580 g/mol. The van der Waals surface area contributed by atoms with E-state index in [4.69, 9.17) is 0 Å². The molecule has 5 rings (SSSR count). The van der Waals surface area contributed by atoms with Crippen LogP contribution in [0.5, 0.6) is 0 Å². The quantitative estimate of drug-likeness (QED) is 0.284.